The topological polar surface area (TPSA) is 46.2 Å². The second-order valence-corrected chi connectivity index (χ2v) is 6.31. The number of imide groups is 1. The average molecular weight is 273 g/mol. The van der Waals surface area contributed by atoms with Gasteiger partial charge in [-0.25, -0.2) is 0 Å². The van der Waals surface area contributed by atoms with E-state index in [1.54, 1.807) is 0 Å². The van der Waals surface area contributed by atoms with Crippen molar-refractivity contribution < 1.29 is 9.59 Å². The van der Waals surface area contributed by atoms with E-state index in [0.717, 1.165) is 5.56 Å². The molecule has 1 aliphatic rings. The number of hydrogen-bond donors (Lipinski definition) is 1. The van der Waals surface area contributed by atoms with E-state index in [2.05, 4.69) is 43.4 Å². The minimum absolute atomic E-state index is 0.00235. The van der Waals surface area contributed by atoms with Gasteiger partial charge in [0.05, 0.1) is 0 Å². The van der Waals surface area contributed by atoms with Crippen molar-refractivity contribution in [2.75, 3.05) is 0 Å². The summed E-state index contributed by atoms with van der Waals surface area (Å²) < 4.78 is 0. The Morgan fingerprint density at radius 1 is 1.05 bits per heavy atom. The Hall–Kier alpha value is -1.64. The van der Waals surface area contributed by atoms with Crippen LogP contribution in [0.15, 0.2) is 24.3 Å². The number of rotatable bonds is 3. The van der Waals surface area contributed by atoms with Crippen molar-refractivity contribution in [1.29, 1.82) is 0 Å². The molecule has 2 atom stereocenters. The van der Waals surface area contributed by atoms with E-state index in [4.69, 9.17) is 0 Å². The molecule has 2 amide bonds. The fourth-order valence-corrected chi connectivity index (χ4v) is 3.00. The SMILES string of the molecule is CC(C)c1ccc(C2CC(=O)NC(=O)C2C(C)C)cc1. The second-order valence-electron chi connectivity index (χ2n) is 6.31. The molecule has 1 heterocycles. The Morgan fingerprint density at radius 2 is 1.65 bits per heavy atom. The summed E-state index contributed by atoms with van der Waals surface area (Å²) in [6, 6.07) is 8.35. The summed E-state index contributed by atoms with van der Waals surface area (Å²) in [7, 11) is 0. The lowest BCUT2D eigenvalue weighted by atomic mass is 9.74. The highest BCUT2D eigenvalue weighted by Crippen LogP contribution is 2.36. The van der Waals surface area contributed by atoms with E-state index in [0.29, 0.717) is 12.3 Å². The molecule has 0 aliphatic carbocycles. The molecule has 1 aromatic rings. The van der Waals surface area contributed by atoms with Crippen LogP contribution >= 0.6 is 0 Å². The zero-order chi connectivity index (χ0) is 14.9. The van der Waals surface area contributed by atoms with Gasteiger partial charge in [0.2, 0.25) is 11.8 Å². The number of benzene rings is 1. The highest BCUT2D eigenvalue weighted by Gasteiger charge is 2.38. The number of piperidine rings is 1. The normalized spacial score (nSPS) is 23.3. The third-order valence-corrected chi connectivity index (χ3v) is 4.15. The van der Waals surface area contributed by atoms with Gasteiger partial charge >= 0.3 is 0 Å². The van der Waals surface area contributed by atoms with Crippen LogP contribution in [0.2, 0.25) is 0 Å². The summed E-state index contributed by atoms with van der Waals surface area (Å²) in [6.45, 7) is 8.39. The van der Waals surface area contributed by atoms with Gasteiger partial charge in [-0.15, -0.1) is 0 Å². The van der Waals surface area contributed by atoms with Gasteiger partial charge in [0.1, 0.15) is 0 Å². The summed E-state index contributed by atoms with van der Waals surface area (Å²) in [6.07, 6.45) is 0.398. The van der Waals surface area contributed by atoms with Crippen LogP contribution < -0.4 is 5.32 Å². The van der Waals surface area contributed by atoms with Crippen molar-refractivity contribution in [3.05, 3.63) is 35.4 Å². The first kappa shape index (κ1) is 14.8. The Balaban J connectivity index is 2.31. The molecule has 0 saturated carbocycles. The molecule has 0 radical (unpaired) electrons. The Morgan fingerprint density at radius 3 is 2.15 bits per heavy atom. The fraction of sp³-hybridized carbons (Fsp3) is 0.529. The lowest BCUT2D eigenvalue weighted by molar-refractivity contribution is -0.138. The molecule has 0 spiro atoms. The van der Waals surface area contributed by atoms with Gasteiger partial charge < -0.3 is 0 Å². The van der Waals surface area contributed by atoms with Crippen molar-refractivity contribution in [2.24, 2.45) is 11.8 Å². The average Bonchev–Trinajstić information content (AvgIpc) is 2.37. The molecule has 3 heteroatoms. The van der Waals surface area contributed by atoms with Crippen molar-refractivity contribution in [1.82, 2.24) is 5.32 Å². The standard InChI is InChI=1S/C17H23NO2/c1-10(2)12-5-7-13(8-6-12)14-9-15(19)18-17(20)16(14)11(3)4/h5-8,10-11,14,16H,9H2,1-4H3,(H,18,19,20). The van der Waals surface area contributed by atoms with Gasteiger partial charge in [-0.3, -0.25) is 14.9 Å². The minimum Gasteiger partial charge on any atom is -0.296 e. The Kier molecular flexibility index (Phi) is 4.26. The third kappa shape index (κ3) is 2.92. The lowest BCUT2D eigenvalue weighted by Crippen LogP contribution is -2.46. The smallest absolute Gasteiger partial charge is 0.230 e. The summed E-state index contributed by atoms with van der Waals surface area (Å²) in [4.78, 5) is 23.7. The van der Waals surface area contributed by atoms with Gasteiger partial charge in [-0.05, 0) is 23.0 Å². The summed E-state index contributed by atoms with van der Waals surface area (Å²) >= 11 is 0. The van der Waals surface area contributed by atoms with E-state index < -0.39 is 0 Å². The van der Waals surface area contributed by atoms with Crippen molar-refractivity contribution >= 4 is 11.8 Å². The predicted molar refractivity (Wildman–Crippen MR) is 79.4 cm³/mol. The molecule has 1 saturated heterocycles. The number of carbonyl (C=O) groups is 2. The van der Waals surface area contributed by atoms with Crippen molar-refractivity contribution in [3.8, 4) is 0 Å². The number of carbonyl (C=O) groups excluding carboxylic acids is 2. The van der Waals surface area contributed by atoms with Gasteiger partial charge in [0, 0.05) is 18.3 Å². The largest absolute Gasteiger partial charge is 0.296 e. The van der Waals surface area contributed by atoms with Crippen molar-refractivity contribution in [2.45, 2.75) is 46.0 Å². The van der Waals surface area contributed by atoms with Crippen molar-refractivity contribution in [3.63, 3.8) is 0 Å². The van der Waals surface area contributed by atoms with E-state index in [1.165, 1.54) is 5.56 Å². The minimum atomic E-state index is -0.162. The lowest BCUT2D eigenvalue weighted by Gasteiger charge is -2.33. The summed E-state index contributed by atoms with van der Waals surface area (Å²) in [5.41, 5.74) is 2.37. The first-order chi connectivity index (χ1) is 9.40. The molecule has 2 rings (SSSR count). The first-order valence-electron chi connectivity index (χ1n) is 7.33. The molecule has 2 unspecified atom stereocenters. The maximum Gasteiger partial charge on any atom is 0.230 e. The van der Waals surface area contributed by atoms with Gasteiger partial charge in [0.15, 0.2) is 0 Å². The molecule has 0 aromatic heterocycles. The van der Waals surface area contributed by atoms with Gasteiger partial charge in [-0.2, -0.15) is 0 Å². The maximum atomic E-state index is 12.1. The molecule has 1 fully saturated rings. The van der Waals surface area contributed by atoms with Crippen LogP contribution in [0.4, 0.5) is 0 Å². The van der Waals surface area contributed by atoms with Crippen LogP contribution in [-0.2, 0) is 9.59 Å². The molecule has 20 heavy (non-hydrogen) atoms. The quantitative estimate of drug-likeness (QED) is 0.860. The molecule has 1 N–H and O–H groups in total. The number of amides is 2. The number of hydrogen-bond acceptors (Lipinski definition) is 2. The highest BCUT2D eigenvalue weighted by atomic mass is 16.2. The van der Waals surface area contributed by atoms with Crippen LogP contribution in [-0.4, -0.2) is 11.8 Å². The maximum absolute atomic E-state index is 12.1. The fourth-order valence-electron chi connectivity index (χ4n) is 3.00. The summed E-state index contributed by atoms with van der Waals surface area (Å²) in [5, 5.41) is 2.46. The van der Waals surface area contributed by atoms with E-state index in [9.17, 15) is 9.59 Å². The molecule has 1 aromatic carbocycles. The summed E-state index contributed by atoms with van der Waals surface area (Å²) in [5.74, 6) is 0.285. The molecule has 0 bridgehead atoms. The molecule has 108 valence electrons. The van der Waals surface area contributed by atoms with Crippen LogP contribution in [0.3, 0.4) is 0 Å². The first-order valence-corrected chi connectivity index (χ1v) is 7.33. The predicted octanol–water partition coefficient (Wildman–Crippen LogP) is 3.21. The third-order valence-electron chi connectivity index (χ3n) is 4.15. The number of nitrogens with one attached hydrogen (secondary N) is 1. The van der Waals surface area contributed by atoms with E-state index >= 15 is 0 Å². The zero-order valence-electron chi connectivity index (χ0n) is 12.6. The molecular weight excluding hydrogens is 250 g/mol. The van der Waals surface area contributed by atoms with Gasteiger partial charge in [0.25, 0.3) is 0 Å². The van der Waals surface area contributed by atoms with E-state index in [-0.39, 0.29) is 29.6 Å². The second kappa shape index (κ2) is 5.78. The molecular formula is C17H23NO2. The molecule has 3 nitrogen and oxygen atoms in total. The van der Waals surface area contributed by atoms with Crippen LogP contribution in [0.1, 0.15) is 57.1 Å². The monoisotopic (exact) mass is 273 g/mol. The van der Waals surface area contributed by atoms with Gasteiger partial charge in [-0.1, -0.05) is 52.0 Å². The Bertz CT molecular complexity index is 502. The highest BCUT2D eigenvalue weighted by molar-refractivity contribution is 6.00. The van der Waals surface area contributed by atoms with Crippen LogP contribution in [0.25, 0.3) is 0 Å². The van der Waals surface area contributed by atoms with E-state index in [1.807, 2.05) is 13.8 Å². The molecule has 1 aliphatic heterocycles. The van der Waals surface area contributed by atoms with Crippen LogP contribution in [0, 0.1) is 11.8 Å². The zero-order valence-corrected chi connectivity index (χ0v) is 12.6. The Labute approximate surface area is 120 Å². The van der Waals surface area contributed by atoms with Crippen LogP contribution in [0.5, 0.6) is 0 Å².